The van der Waals surface area contributed by atoms with E-state index in [2.05, 4.69) is 30.5 Å². The molecule has 0 bridgehead atoms. The third-order valence-electron chi connectivity index (χ3n) is 7.17. The van der Waals surface area contributed by atoms with Gasteiger partial charge >= 0.3 is 5.97 Å². The number of benzene rings is 1. The average Bonchev–Trinajstić information content (AvgIpc) is 3.18. The molecule has 0 saturated carbocycles. The van der Waals surface area contributed by atoms with Gasteiger partial charge in [0.25, 0.3) is 0 Å². The molecular formula is C26H39NO3. The van der Waals surface area contributed by atoms with Crippen LogP contribution < -0.4 is 0 Å². The Morgan fingerprint density at radius 3 is 2.67 bits per heavy atom. The average molecular weight is 414 g/mol. The molecule has 4 atom stereocenters. The SMILES string of the molecule is C=C[C@H]1CC[C@@H](CCCCCC)N2[C@H](COCc3ccccc3)CC[C@@]12C(=O)OC. The van der Waals surface area contributed by atoms with E-state index in [9.17, 15) is 4.79 Å². The smallest absolute Gasteiger partial charge is 0.326 e. The zero-order chi connectivity index (χ0) is 21.4. The molecule has 2 aliphatic heterocycles. The molecule has 2 fully saturated rings. The van der Waals surface area contributed by atoms with Crippen LogP contribution in [0.2, 0.25) is 0 Å². The molecule has 0 aromatic heterocycles. The summed E-state index contributed by atoms with van der Waals surface area (Å²) < 4.78 is 11.5. The Kier molecular flexibility index (Phi) is 8.52. The van der Waals surface area contributed by atoms with Gasteiger partial charge in [-0.1, -0.05) is 69.0 Å². The van der Waals surface area contributed by atoms with Crippen molar-refractivity contribution in [3.05, 3.63) is 48.6 Å². The van der Waals surface area contributed by atoms with E-state index in [4.69, 9.17) is 9.47 Å². The number of esters is 1. The fourth-order valence-electron chi connectivity index (χ4n) is 5.72. The van der Waals surface area contributed by atoms with Crippen molar-refractivity contribution in [2.24, 2.45) is 5.92 Å². The highest BCUT2D eigenvalue weighted by Gasteiger charge is 2.60. The number of fused-ring (bicyclic) bond motifs is 1. The summed E-state index contributed by atoms with van der Waals surface area (Å²) in [5.74, 6) is 0.0622. The van der Waals surface area contributed by atoms with Crippen molar-refractivity contribution in [3.8, 4) is 0 Å². The molecule has 4 nitrogen and oxygen atoms in total. The molecule has 4 heteroatoms. The van der Waals surface area contributed by atoms with Crippen LogP contribution in [-0.2, 0) is 20.9 Å². The first-order valence-corrected chi connectivity index (χ1v) is 11.8. The van der Waals surface area contributed by atoms with Crippen molar-refractivity contribution in [2.75, 3.05) is 13.7 Å². The van der Waals surface area contributed by atoms with Gasteiger partial charge in [-0.3, -0.25) is 9.69 Å². The molecule has 2 heterocycles. The van der Waals surface area contributed by atoms with Gasteiger partial charge in [0.1, 0.15) is 5.54 Å². The normalized spacial score (nSPS) is 28.8. The molecular weight excluding hydrogens is 374 g/mol. The number of piperidine rings is 1. The second-order valence-electron chi connectivity index (χ2n) is 8.94. The van der Waals surface area contributed by atoms with Crippen LogP contribution >= 0.6 is 0 Å². The van der Waals surface area contributed by atoms with Gasteiger partial charge in [-0.15, -0.1) is 6.58 Å². The molecule has 0 N–H and O–H groups in total. The summed E-state index contributed by atoms with van der Waals surface area (Å²) >= 11 is 0. The first-order valence-electron chi connectivity index (χ1n) is 11.8. The molecule has 166 valence electrons. The van der Waals surface area contributed by atoms with E-state index in [-0.39, 0.29) is 17.9 Å². The van der Waals surface area contributed by atoms with Crippen molar-refractivity contribution in [1.29, 1.82) is 0 Å². The Balaban J connectivity index is 1.75. The van der Waals surface area contributed by atoms with Crippen LogP contribution in [0.25, 0.3) is 0 Å². The van der Waals surface area contributed by atoms with Crippen molar-refractivity contribution >= 4 is 5.97 Å². The van der Waals surface area contributed by atoms with Gasteiger partial charge in [-0.05, 0) is 37.7 Å². The van der Waals surface area contributed by atoms with E-state index in [0.29, 0.717) is 19.3 Å². The van der Waals surface area contributed by atoms with Crippen LogP contribution in [0.15, 0.2) is 43.0 Å². The molecule has 0 spiro atoms. The molecule has 2 saturated heterocycles. The molecule has 30 heavy (non-hydrogen) atoms. The maximum absolute atomic E-state index is 13.1. The number of methoxy groups -OCH3 is 1. The minimum Gasteiger partial charge on any atom is -0.468 e. The van der Waals surface area contributed by atoms with Crippen LogP contribution in [0.1, 0.15) is 70.3 Å². The Morgan fingerprint density at radius 2 is 1.97 bits per heavy atom. The van der Waals surface area contributed by atoms with Gasteiger partial charge in [0.05, 0.1) is 20.3 Å². The highest BCUT2D eigenvalue weighted by Crippen LogP contribution is 2.49. The second-order valence-corrected chi connectivity index (χ2v) is 8.94. The molecule has 1 aromatic rings. The third kappa shape index (κ3) is 4.81. The number of unbranched alkanes of at least 4 members (excludes halogenated alkanes) is 3. The summed E-state index contributed by atoms with van der Waals surface area (Å²) in [6, 6.07) is 11.0. The predicted molar refractivity (Wildman–Crippen MR) is 121 cm³/mol. The quantitative estimate of drug-likeness (QED) is 0.272. The summed E-state index contributed by atoms with van der Waals surface area (Å²) in [7, 11) is 1.53. The lowest BCUT2D eigenvalue weighted by atomic mass is 9.73. The summed E-state index contributed by atoms with van der Waals surface area (Å²) in [4.78, 5) is 15.7. The topological polar surface area (TPSA) is 38.8 Å². The fraction of sp³-hybridized carbons (Fsp3) is 0.654. The predicted octanol–water partition coefficient (Wildman–Crippen LogP) is 5.51. The van der Waals surface area contributed by atoms with E-state index in [1.165, 1.54) is 38.4 Å². The Hall–Kier alpha value is -1.65. The maximum Gasteiger partial charge on any atom is 0.326 e. The number of carbonyl (C=O) groups excluding carboxylic acids is 1. The number of rotatable bonds is 11. The summed E-state index contributed by atoms with van der Waals surface area (Å²) in [5, 5.41) is 0. The number of hydrogen-bond donors (Lipinski definition) is 0. The standard InChI is InChI=1S/C26H39NO3/c1-4-6-7-11-14-23-16-15-22(5-2)26(25(28)29-3)18-17-24(27(23)26)20-30-19-21-12-9-8-10-13-21/h5,8-10,12-13,22-24H,2,4,6-7,11,14-20H2,1,3H3/t22-,23+,24-,26-/m0/s1. The number of nitrogens with zero attached hydrogens (tertiary/aromatic N) is 1. The maximum atomic E-state index is 13.1. The molecule has 1 aromatic carbocycles. The summed E-state index contributed by atoms with van der Waals surface area (Å²) in [6.45, 7) is 7.60. The monoisotopic (exact) mass is 413 g/mol. The number of ether oxygens (including phenoxy) is 2. The largest absolute Gasteiger partial charge is 0.468 e. The van der Waals surface area contributed by atoms with Crippen LogP contribution in [0.5, 0.6) is 0 Å². The number of carbonyl (C=O) groups is 1. The van der Waals surface area contributed by atoms with E-state index in [1.807, 2.05) is 24.3 Å². The van der Waals surface area contributed by atoms with Gasteiger partial charge in [0, 0.05) is 18.0 Å². The molecule has 3 rings (SSSR count). The Bertz CT molecular complexity index is 676. The highest BCUT2D eigenvalue weighted by molar-refractivity contribution is 5.82. The van der Waals surface area contributed by atoms with E-state index < -0.39 is 5.54 Å². The number of hydrogen-bond acceptors (Lipinski definition) is 4. The zero-order valence-electron chi connectivity index (χ0n) is 18.9. The van der Waals surface area contributed by atoms with Crippen molar-refractivity contribution in [2.45, 2.75) is 88.9 Å². The van der Waals surface area contributed by atoms with Crippen LogP contribution in [-0.4, -0.2) is 42.2 Å². The minimum atomic E-state index is -0.565. The minimum absolute atomic E-state index is 0.0868. The third-order valence-corrected chi connectivity index (χ3v) is 7.17. The molecule has 0 aliphatic carbocycles. The first kappa shape index (κ1) is 23.0. The van der Waals surface area contributed by atoms with Crippen molar-refractivity contribution < 1.29 is 14.3 Å². The van der Waals surface area contributed by atoms with Crippen molar-refractivity contribution in [3.63, 3.8) is 0 Å². The van der Waals surface area contributed by atoms with Crippen LogP contribution in [0.4, 0.5) is 0 Å². The van der Waals surface area contributed by atoms with Gasteiger partial charge < -0.3 is 9.47 Å². The Morgan fingerprint density at radius 1 is 1.17 bits per heavy atom. The summed E-state index contributed by atoms with van der Waals surface area (Å²) in [6.07, 6.45) is 12.1. The summed E-state index contributed by atoms with van der Waals surface area (Å²) in [5.41, 5.74) is 0.624. The lowest BCUT2D eigenvalue weighted by Crippen LogP contribution is -2.64. The molecule has 0 unspecified atom stereocenters. The van der Waals surface area contributed by atoms with Crippen LogP contribution in [0.3, 0.4) is 0 Å². The second kappa shape index (κ2) is 11.1. The van der Waals surface area contributed by atoms with Crippen molar-refractivity contribution in [1.82, 2.24) is 4.90 Å². The zero-order valence-corrected chi connectivity index (χ0v) is 18.9. The van der Waals surface area contributed by atoms with Gasteiger partial charge in [-0.2, -0.15) is 0 Å². The molecule has 0 amide bonds. The lowest BCUT2D eigenvalue weighted by molar-refractivity contribution is -0.164. The highest BCUT2D eigenvalue weighted by atomic mass is 16.5. The van der Waals surface area contributed by atoms with Crippen LogP contribution in [0, 0.1) is 5.92 Å². The molecule has 2 aliphatic rings. The van der Waals surface area contributed by atoms with Gasteiger partial charge in [-0.25, -0.2) is 0 Å². The van der Waals surface area contributed by atoms with E-state index >= 15 is 0 Å². The van der Waals surface area contributed by atoms with E-state index in [1.54, 1.807) is 0 Å². The van der Waals surface area contributed by atoms with Gasteiger partial charge in [0.2, 0.25) is 0 Å². The Labute approximate surface area is 182 Å². The molecule has 0 radical (unpaired) electrons. The van der Waals surface area contributed by atoms with E-state index in [0.717, 1.165) is 32.1 Å². The first-order chi connectivity index (χ1) is 14.7. The van der Waals surface area contributed by atoms with Gasteiger partial charge in [0.15, 0.2) is 0 Å². The fourth-order valence-corrected chi connectivity index (χ4v) is 5.72. The lowest BCUT2D eigenvalue weighted by Gasteiger charge is -2.51.